The minimum Gasteiger partial charge on any atom is -0.479 e. The van der Waals surface area contributed by atoms with E-state index in [1.54, 1.807) is 36.3 Å². The van der Waals surface area contributed by atoms with Crippen molar-refractivity contribution >= 4 is 12.2 Å². The van der Waals surface area contributed by atoms with Crippen molar-refractivity contribution in [1.82, 2.24) is 29.3 Å². The maximum absolute atomic E-state index is 14.3. The molecule has 1 aliphatic heterocycles. The van der Waals surface area contributed by atoms with Crippen LogP contribution in [0, 0.1) is 18.6 Å². The molecule has 0 N–H and O–H groups in total. The summed E-state index contributed by atoms with van der Waals surface area (Å²) in [4.78, 5) is 13.3. The highest BCUT2D eigenvalue weighted by Crippen LogP contribution is 2.34. The lowest BCUT2D eigenvalue weighted by atomic mass is 9.96. The SMILES string of the molecule is COc1nc(C=Cc2nc3n(n2)CCC3c2cccc(F)c2F)ccc1-n1cnc(C)c1. The van der Waals surface area contributed by atoms with E-state index in [0.717, 1.165) is 17.4 Å². The Hall–Kier alpha value is -3.88. The lowest BCUT2D eigenvalue weighted by molar-refractivity contribution is 0.395. The molecule has 0 saturated carbocycles. The quantitative estimate of drug-likeness (QED) is 0.472. The largest absolute Gasteiger partial charge is 0.479 e. The molecule has 162 valence electrons. The molecule has 0 radical (unpaired) electrons. The van der Waals surface area contributed by atoms with Gasteiger partial charge in [-0.05, 0) is 43.7 Å². The van der Waals surface area contributed by atoms with Crippen molar-refractivity contribution in [1.29, 1.82) is 0 Å². The summed E-state index contributed by atoms with van der Waals surface area (Å²) in [6, 6.07) is 7.99. The minimum absolute atomic E-state index is 0.309. The molecule has 7 nitrogen and oxygen atoms in total. The third-order valence-electron chi connectivity index (χ3n) is 5.46. The number of imidazole rings is 1. The molecule has 4 aromatic rings. The summed E-state index contributed by atoms with van der Waals surface area (Å²) in [5.74, 6) is -0.421. The maximum Gasteiger partial charge on any atom is 0.238 e. The zero-order valence-electron chi connectivity index (χ0n) is 17.5. The Kier molecular flexibility index (Phi) is 5.01. The fourth-order valence-corrected chi connectivity index (χ4v) is 3.93. The number of methoxy groups -OCH3 is 1. The van der Waals surface area contributed by atoms with Crippen LogP contribution in [0.1, 0.15) is 40.9 Å². The fraction of sp³-hybridized carbons (Fsp3) is 0.217. The third kappa shape index (κ3) is 3.55. The average molecular weight is 434 g/mol. The van der Waals surface area contributed by atoms with Crippen LogP contribution < -0.4 is 4.74 Å². The molecular formula is C23H20F2N6O. The van der Waals surface area contributed by atoms with E-state index in [4.69, 9.17) is 4.74 Å². The average Bonchev–Trinajstić information content (AvgIpc) is 3.50. The highest BCUT2D eigenvalue weighted by Gasteiger charge is 2.30. The molecule has 1 atom stereocenters. The lowest BCUT2D eigenvalue weighted by Crippen LogP contribution is -2.03. The second-order valence-corrected chi connectivity index (χ2v) is 7.56. The molecule has 0 bridgehead atoms. The first-order valence-corrected chi connectivity index (χ1v) is 10.2. The van der Waals surface area contributed by atoms with Crippen molar-refractivity contribution < 1.29 is 13.5 Å². The smallest absolute Gasteiger partial charge is 0.238 e. The number of aromatic nitrogens is 6. The van der Waals surface area contributed by atoms with Gasteiger partial charge >= 0.3 is 0 Å². The van der Waals surface area contributed by atoms with Gasteiger partial charge in [-0.1, -0.05) is 12.1 Å². The van der Waals surface area contributed by atoms with Gasteiger partial charge in [-0.2, -0.15) is 5.10 Å². The van der Waals surface area contributed by atoms with Crippen LogP contribution in [-0.2, 0) is 6.54 Å². The number of rotatable bonds is 5. The van der Waals surface area contributed by atoms with Gasteiger partial charge in [0.15, 0.2) is 17.5 Å². The molecule has 3 aromatic heterocycles. The van der Waals surface area contributed by atoms with E-state index in [1.807, 2.05) is 29.8 Å². The van der Waals surface area contributed by atoms with Crippen molar-refractivity contribution in [2.75, 3.05) is 7.11 Å². The monoisotopic (exact) mass is 434 g/mol. The van der Waals surface area contributed by atoms with Crippen LogP contribution in [0.2, 0.25) is 0 Å². The van der Waals surface area contributed by atoms with E-state index < -0.39 is 11.6 Å². The van der Waals surface area contributed by atoms with Crippen molar-refractivity contribution in [3.8, 4) is 11.6 Å². The first-order valence-electron chi connectivity index (χ1n) is 10.2. The summed E-state index contributed by atoms with van der Waals surface area (Å²) >= 11 is 0. The van der Waals surface area contributed by atoms with Crippen LogP contribution >= 0.6 is 0 Å². The van der Waals surface area contributed by atoms with Gasteiger partial charge in [0.25, 0.3) is 0 Å². The normalized spacial score (nSPS) is 15.4. The Morgan fingerprint density at radius 2 is 2.00 bits per heavy atom. The van der Waals surface area contributed by atoms with Gasteiger partial charge in [-0.3, -0.25) is 0 Å². The first-order chi connectivity index (χ1) is 15.5. The van der Waals surface area contributed by atoms with Gasteiger partial charge < -0.3 is 9.30 Å². The number of hydrogen-bond acceptors (Lipinski definition) is 5. The molecular weight excluding hydrogens is 414 g/mol. The van der Waals surface area contributed by atoms with Crippen molar-refractivity contribution in [3.63, 3.8) is 0 Å². The third-order valence-corrected chi connectivity index (χ3v) is 5.46. The fourth-order valence-electron chi connectivity index (χ4n) is 3.93. The van der Waals surface area contributed by atoms with Crippen LogP contribution in [0.25, 0.3) is 17.8 Å². The molecule has 1 aliphatic rings. The molecule has 5 rings (SSSR count). The molecule has 1 aromatic carbocycles. The number of nitrogens with zero attached hydrogens (tertiary/aromatic N) is 6. The van der Waals surface area contributed by atoms with Crippen LogP contribution in [0.15, 0.2) is 42.9 Å². The van der Waals surface area contributed by atoms with Gasteiger partial charge in [0.1, 0.15) is 11.5 Å². The molecule has 0 spiro atoms. The van der Waals surface area contributed by atoms with E-state index >= 15 is 0 Å². The molecule has 4 heterocycles. The Bertz CT molecular complexity index is 1330. The Balaban J connectivity index is 1.40. The van der Waals surface area contributed by atoms with Crippen molar-refractivity contribution in [2.24, 2.45) is 0 Å². The molecule has 0 fully saturated rings. The standard InChI is InChI=1S/C23H20F2N6O/c1-14-12-30(13-26-14)19-8-6-15(27-23(19)32-2)7-9-20-28-22-17(10-11-31(22)29-20)16-4-3-5-18(24)21(16)25/h3-9,12-13,17H,10-11H2,1-2H3. The van der Waals surface area contributed by atoms with E-state index in [0.29, 0.717) is 41.8 Å². The lowest BCUT2D eigenvalue weighted by Gasteiger charge is -2.09. The topological polar surface area (TPSA) is 70.7 Å². The predicted octanol–water partition coefficient (Wildman–Crippen LogP) is 4.16. The minimum atomic E-state index is -0.852. The Morgan fingerprint density at radius 3 is 2.78 bits per heavy atom. The van der Waals surface area contributed by atoms with Crippen LogP contribution in [0.3, 0.4) is 0 Å². The number of ether oxygens (including phenoxy) is 1. The number of halogens is 2. The predicted molar refractivity (Wildman–Crippen MR) is 114 cm³/mol. The van der Waals surface area contributed by atoms with Crippen molar-refractivity contribution in [3.05, 3.63) is 83.1 Å². The van der Waals surface area contributed by atoms with E-state index in [2.05, 4.69) is 20.1 Å². The summed E-state index contributed by atoms with van der Waals surface area (Å²) in [7, 11) is 1.57. The number of hydrogen-bond donors (Lipinski definition) is 0. The van der Waals surface area contributed by atoms with E-state index in [-0.39, 0.29) is 5.92 Å². The molecule has 1 unspecified atom stereocenters. The van der Waals surface area contributed by atoms with Crippen LogP contribution in [-0.4, -0.2) is 36.4 Å². The first kappa shape index (κ1) is 20.0. The summed E-state index contributed by atoms with van der Waals surface area (Å²) in [5, 5.41) is 4.48. The van der Waals surface area contributed by atoms with Gasteiger partial charge in [0.05, 0.1) is 24.8 Å². The van der Waals surface area contributed by atoms with E-state index in [1.165, 1.54) is 6.07 Å². The summed E-state index contributed by atoms with van der Waals surface area (Å²) in [6.07, 6.45) is 7.76. The zero-order valence-corrected chi connectivity index (χ0v) is 17.5. The maximum atomic E-state index is 14.3. The highest BCUT2D eigenvalue weighted by molar-refractivity contribution is 5.65. The van der Waals surface area contributed by atoms with Gasteiger partial charge in [-0.25, -0.2) is 28.4 Å². The molecule has 0 saturated heterocycles. The van der Waals surface area contributed by atoms with Gasteiger partial charge in [-0.15, -0.1) is 0 Å². The van der Waals surface area contributed by atoms with E-state index in [9.17, 15) is 8.78 Å². The second kappa shape index (κ2) is 7.99. The molecule has 0 aliphatic carbocycles. The van der Waals surface area contributed by atoms with Crippen LogP contribution in [0.4, 0.5) is 8.78 Å². The van der Waals surface area contributed by atoms with Crippen LogP contribution in [0.5, 0.6) is 5.88 Å². The second-order valence-electron chi connectivity index (χ2n) is 7.56. The number of pyridine rings is 1. The molecule has 9 heteroatoms. The molecule has 0 amide bonds. The number of fused-ring (bicyclic) bond motifs is 1. The summed E-state index contributed by atoms with van der Waals surface area (Å²) in [5.41, 5.74) is 2.66. The van der Waals surface area contributed by atoms with Gasteiger partial charge in [0, 0.05) is 24.2 Å². The number of benzene rings is 1. The summed E-state index contributed by atoms with van der Waals surface area (Å²) in [6.45, 7) is 2.51. The zero-order chi connectivity index (χ0) is 22.2. The van der Waals surface area contributed by atoms with Gasteiger partial charge in [0.2, 0.25) is 5.88 Å². The Labute approximate surface area is 183 Å². The highest BCUT2D eigenvalue weighted by atomic mass is 19.2. The number of aryl methyl sites for hydroxylation is 2. The summed E-state index contributed by atoms with van der Waals surface area (Å²) < 4.78 is 37.0. The Morgan fingerprint density at radius 1 is 1.12 bits per heavy atom. The van der Waals surface area contributed by atoms with Crippen molar-refractivity contribution in [2.45, 2.75) is 25.8 Å². The molecule has 32 heavy (non-hydrogen) atoms.